The van der Waals surface area contributed by atoms with Crippen molar-refractivity contribution in [2.75, 3.05) is 26.9 Å². The highest BCUT2D eigenvalue weighted by atomic mass is 16.6. The molecule has 4 heteroatoms. The summed E-state index contributed by atoms with van der Waals surface area (Å²) in [6.07, 6.45) is 4.78. The number of hydrogen-bond donors (Lipinski definition) is 1. The van der Waals surface area contributed by atoms with Crippen molar-refractivity contribution in [1.29, 1.82) is 0 Å². The van der Waals surface area contributed by atoms with E-state index in [1.165, 1.54) is 26.4 Å². The number of carbonyl (C=O) groups is 1. The Kier molecular flexibility index (Phi) is 5.56. The zero-order valence-corrected chi connectivity index (χ0v) is 8.75. The van der Waals surface area contributed by atoms with Gasteiger partial charge < -0.3 is 14.8 Å². The predicted molar refractivity (Wildman–Crippen MR) is 53.1 cm³/mol. The molecule has 14 heavy (non-hydrogen) atoms. The topological polar surface area (TPSA) is 47.6 Å². The SMILES string of the molecule is COC(=O)COCCC1CCCCN1. The first-order valence-electron chi connectivity index (χ1n) is 5.21. The molecule has 1 atom stereocenters. The molecule has 0 amide bonds. The fourth-order valence-electron chi connectivity index (χ4n) is 1.61. The molecule has 0 aromatic heterocycles. The minimum Gasteiger partial charge on any atom is -0.467 e. The molecule has 0 aromatic carbocycles. The predicted octanol–water partition coefficient (Wildman–Crippen LogP) is 0.708. The lowest BCUT2D eigenvalue weighted by Crippen LogP contribution is -2.34. The first kappa shape index (κ1) is 11.5. The number of carbonyl (C=O) groups excluding carboxylic acids is 1. The highest BCUT2D eigenvalue weighted by molar-refractivity contribution is 5.70. The molecular weight excluding hydrogens is 182 g/mol. The fraction of sp³-hybridized carbons (Fsp3) is 0.900. The van der Waals surface area contributed by atoms with Crippen LogP contribution >= 0.6 is 0 Å². The summed E-state index contributed by atoms with van der Waals surface area (Å²) in [4.78, 5) is 10.7. The quantitative estimate of drug-likeness (QED) is 0.525. The molecule has 1 aliphatic rings. The van der Waals surface area contributed by atoms with Crippen molar-refractivity contribution in [3.05, 3.63) is 0 Å². The summed E-state index contributed by atoms with van der Waals surface area (Å²) in [5.74, 6) is -0.304. The summed E-state index contributed by atoms with van der Waals surface area (Å²) in [7, 11) is 1.37. The highest BCUT2D eigenvalue weighted by Gasteiger charge is 2.11. The van der Waals surface area contributed by atoms with E-state index in [0.29, 0.717) is 12.6 Å². The maximum absolute atomic E-state index is 10.7. The number of ether oxygens (including phenoxy) is 2. The highest BCUT2D eigenvalue weighted by Crippen LogP contribution is 2.09. The molecule has 1 unspecified atom stereocenters. The summed E-state index contributed by atoms with van der Waals surface area (Å²) in [6.45, 7) is 1.82. The van der Waals surface area contributed by atoms with Gasteiger partial charge in [-0.1, -0.05) is 6.42 Å². The maximum atomic E-state index is 10.7. The summed E-state index contributed by atoms with van der Waals surface area (Å²) in [6, 6.07) is 0.571. The van der Waals surface area contributed by atoms with Gasteiger partial charge in [0.15, 0.2) is 0 Å². The molecule has 4 nitrogen and oxygen atoms in total. The van der Waals surface area contributed by atoms with Gasteiger partial charge in [-0.25, -0.2) is 4.79 Å². The Morgan fingerprint density at radius 2 is 2.36 bits per heavy atom. The van der Waals surface area contributed by atoms with Crippen LogP contribution in [-0.4, -0.2) is 38.9 Å². The van der Waals surface area contributed by atoms with Gasteiger partial charge in [-0.3, -0.25) is 0 Å². The van der Waals surface area contributed by atoms with E-state index in [1.54, 1.807) is 0 Å². The number of hydrogen-bond acceptors (Lipinski definition) is 4. The number of piperidine rings is 1. The Morgan fingerprint density at radius 1 is 1.50 bits per heavy atom. The lowest BCUT2D eigenvalue weighted by Gasteiger charge is -2.23. The first-order valence-corrected chi connectivity index (χ1v) is 5.21. The van der Waals surface area contributed by atoms with Crippen molar-refractivity contribution >= 4 is 5.97 Å². The number of esters is 1. The number of methoxy groups -OCH3 is 1. The summed E-state index contributed by atoms with van der Waals surface area (Å²) >= 11 is 0. The van der Waals surface area contributed by atoms with E-state index in [2.05, 4.69) is 10.1 Å². The van der Waals surface area contributed by atoms with Gasteiger partial charge in [0.1, 0.15) is 6.61 Å². The van der Waals surface area contributed by atoms with E-state index >= 15 is 0 Å². The van der Waals surface area contributed by atoms with Crippen LogP contribution in [0.4, 0.5) is 0 Å². The van der Waals surface area contributed by atoms with Gasteiger partial charge in [0.2, 0.25) is 0 Å². The Hall–Kier alpha value is -0.610. The Balaban J connectivity index is 1.94. The molecular formula is C10H19NO3. The van der Waals surface area contributed by atoms with Gasteiger partial charge in [0, 0.05) is 12.6 Å². The Bertz CT molecular complexity index is 167. The van der Waals surface area contributed by atoms with Crippen LogP contribution in [0.1, 0.15) is 25.7 Å². The van der Waals surface area contributed by atoms with Gasteiger partial charge in [-0.15, -0.1) is 0 Å². The molecule has 1 saturated heterocycles. The number of rotatable bonds is 5. The van der Waals surface area contributed by atoms with Crippen molar-refractivity contribution in [2.24, 2.45) is 0 Å². The van der Waals surface area contributed by atoms with Crippen LogP contribution in [0, 0.1) is 0 Å². The van der Waals surface area contributed by atoms with Gasteiger partial charge in [-0.05, 0) is 25.8 Å². The van der Waals surface area contributed by atoms with E-state index in [-0.39, 0.29) is 12.6 Å². The lowest BCUT2D eigenvalue weighted by molar-refractivity contribution is -0.145. The summed E-state index contributed by atoms with van der Waals surface area (Å²) in [5, 5.41) is 3.43. The molecule has 1 aliphatic heterocycles. The van der Waals surface area contributed by atoms with Gasteiger partial charge >= 0.3 is 5.97 Å². The minimum atomic E-state index is -0.304. The summed E-state index contributed by atoms with van der Waals surface area (Å²) < 4.78 is 9.64. The monoisotopic (exact) mass is 201 g/mol. The third kappa shape index (κ3) is 4.58. The average Bonchev–Trinajstić information content (AvgIpc) is 2.25. The molecule has 82 valence electrons. The Labute approximate surface area is 85.0 Å². The zero-order valence-electron chi connectivity index (χ0n) is 8.75. The van der Waals surface area contributed by atoms with E-state index in [1.807, 2.05) is 0 Å². The van der Waals surface area contributed by atoms with Crippen LogP contribution < -0.4 is 5.32 Å². The fourth-order valence-corrected chi connectivity index (χ4v) is 1.61. The molecule has 0 aliphatic carbocycles. The van der Waals surface area contributed by atoms with Crippen molar-refractivity contribution in [3.63, 3.8) is 0 Å². The third-order valence-corrected chi connectivity index (χ3v) is 2.47. The van der Waals surface area contributed by atoms with Gasteiger partial charge in [0.25, 0.3) is 0 Å². The molecule has 0 saturated carbocycles. The maximum Gasteiger partial charge on any atom is 0.331 e. The minimum absolute atomic E-state index is 0.0726. The van der Waals surface area contributed by atoms with Crippen LogP contribution in [-0.2, 0) is 14.3 Å². The molecule has 0 radical (unpaired) electrons. The van der Waals surface area contributed by atoms with E-state index in [9.17, 15) is 4.79 Å². The average molecular weight is 201 g/mol. The van der Waals surface area contributed by atoms with E-state index < -0.39 is 0 Å². The molecule has 0 aromatic rings. The second-order valence-electron chi connectivity index (χ2n) is 3.56. The molecule has 1 heterocycles. The van der Waals surface area contributed by atoms with E-state index in [4.69, 9.17) is 4.74 Å². The largest absolute Gasteiger partial charge is 0.467 e. The molecule has 0 spiro atoms. The van der Waals surface area contributed by atoms with Crippen LogP contribution in [0.5, 0.6) is 0 Å². The van der Waals surface area contributed by atoms with Crippen molar-refractivity contribution in [2.45, 2.75) is 31.7 Å². The third-order valence-electron chi connectivity index (χ3n) is 2.47. The van der Waals surface area contributed by atoms with Crippen LogP contribution in [0.3, 0.4) is 0 Å². The van der Waals surface area contributed by atoms with Crippen LogP contribution in [0.15, 0.2) is 0 Å². The normalized spacial score (nSPS) is 21.9. The molecule has 1 N–H and O–H groups in total. The zero-order chi connectivity index (χ0) is 10.2. The van der Waals surface area contributed by atoms with E-state index in [0.717, 1.165) is 13.0 Å². The second kappa shape index (κ2) is 6.79. The van der Waals surface area contributed by atoms with Crippen molar-refractivity contribution in [3.8, 4) is 0 Å². The lowest BCUT2D eigenvalue weighted by atomic mass is 10.0. The first-order chi connectivity index (χ1) is 6.83. The van der Waals surface area contributed by atoms with Gasteiger partial charge in [0.05, 0.1) is 7.11 Å². The summed E-state index contributed by atoms with van der Waals surface area (Å²) in [5.41, 5.74) is 0. The van der Waals surface area contributed by atoms with Crippen LogP contribution in [0.25, 0.3) is 0 Å². The number of nitrogens with one attached hydrogen (secondary N) is 1. The molecule has 1 rings (SSSR count). The molecule has 0 bridgehead atoms. The second-order valence-corrected chi connectivity index (χ2v) is 3.56. The Morgan fingerprint density at radius 3 is 3.00 bits per heavy atom. The van der Waals surface area contributed by atoms with Crippen molar-refractivity contribution in [1.82, 2.24) is 5.32 Å². The van der Waals surface area contributed by atoms with Crippen molar-refractivity contribution < 1.29 is 14.3 Å². The van der Waals surface area contributed by atoms with Crippen LogP contribution in [0.2, 0.25) is 0 Å². The van der Waals surface area contributed by atoms with Gasteiger partial charge in [-0.2, -0.15) is 0 Å². The smallest absolute Gasteiger partial charge is 0.331 e. The standard InChI is InChI=1S/C10H19NO3/c1-13-10(12)8-14-7-5-9-4-2-3-6-11-9/h9,11H,2-8H2,1H3. The molecule has 1 fully saturated rings.